The minimum Gasteiger partial charge on any atom is -0.447 e. The SMILES string of the molecule is CC(NC(=O)c1ccc(N2CCOC2=O)cc1)C12CC3CC(CC(C3)C1)C2. The maximum absolute atomic E-state index is 12.8. The van der Waals surface area contributed by atoms with Crippen LogP contribution in [-0.4, -0.2) is 31.2 Å². The molecule has 5 aliphatic rings. The molecule has 4 saturated carbocycles. The maximum Gasteiger partial charge on any atom is 0.414 e. The minimum absolute atomic E-state index is 0.00575. The molecular formula is C22H28N2O3. The van der Waals surface area contributed by atoms with E-state index >= 15 is 0 Å². The fraction of sp³-hybridized carbons (Fsp3) is 0.636. The van der Waals surface area contributed by atoms with Crippen LogP contribution in [0.3, 0.4) is 0 Å². The highest BCUT2D eigenvalue weighted by Crippen LogP contribution is 2.61. The molecule has 5 nitrogen and oxygen atoms in total. The Hall–Kier alpha value is -2.04. The van der Waals surface area contributed by atoms with E-state index in [1.807, 2.05) is 24.3 Å². The summed E-state index contributed by atoms with van der Waals surface area (Å²) < 4.78 is 4.97. The third-order valence-corrected chi connectivity index (χ3v) is 7.55. The number of amides is 2. The highest BCUT2D eigenvalue weighted by molar-refractivity contribution is 5.95. The van der Waals surface area contributed by atoms with Crippen molar-refractivity contribution in [1.82, 2.24) is 5.32 Å². The molecule has 0 aromatic heterocycles. The molecule has 6 rings (SSSR count). The number of anilines is 1. The van der Waals surface area contributed by atoms with Crippen molar-refractivity contribution in [2.75, 3.05) is 18.1 Å². The summed E-state index contributed by atoms with van der Waals surface area (Å²) in [5.74, 6) is 2.65. The number of carbonyl (C=O) groups excluding carboxylic acids is 2. The Labute approximate surface area is 160 Å². The quantitative estimate of drug-likeness (QED) is 0.875. The lowest BCUT2D eigenvalue weighted by atomic mass is 9.48. The molecule has 1 N–H and O–H groups in total. The van der Waals surface area contributed by atoms with Gasteiger partial charge in [-0.1, -0.05) is 0 Å². The number of benzene rings is 1. The molecule has 144 valence electrons. The van der Waals surface area contributed by atoms with E-state index in [4.69, 9.17) is 4.74 Å². The molecule has 0 radical (unpaired) electrons. The monoisotopic (exact) mass is 368 g/mol. The van der Waals surface area contributed by atoms with Crippen molar-refractivity contribution in [1.29, 1.82) is 0 Å². The van der Waals surface area contributed by atoms with E-state index in [0.29, 0.717) is 24.1 Å². The third-order valence-electron chi connectivity index (χ3n) is 7.55. The van der Waals surface area contributed by atoms with Gasteiger partial charge in [-0.3, -0.25) is 9.69 Å². The van der Waals surface area contributed by atoms with E-state index in [0.717, 1.165) is 23.4 Å². The molecule has 0 spiro atoms. The summed E-state index contributed by atoms with van der Waals surface area (Å²) in [7, 11) is 0. The first-order valence-corrected chi connectivity index (χ1v) is 10.4. The molecule has 27 heavy (non-hydrogen) atoms. The molecule has 1 aromatic carbocycles. The summed E-state index contributed by atoms with van der Waals surface area (Å²) in [6, 6.07) is 7.49. The standard InChI is InChI=1S/C22H28N2O3/c1-14(22-11-15-8-16(12-22)10-17(9-15)13-22)23-20(25)18-2-4-19(5-3-18)24-6-7-27-21(24)26/h2-5,14-17H,6-13H2,1H3,(H,23,25). The molecule has 1 heterocycles. The van der Waals surface area contributed by atoms with Crippen molar-refractivity contribution in [2.24, 2.45) is 23.2 Å². The van der Waals surface area contributed by atoms with Gasteiger partial charge in [-0.2, -0.15) is 0 Å². The van der Waals surface area contributed by atoms with Crippen LogP contribution in [0.4, 0.5) is 10.5 Å². The lowest BCUT2D eigenvalue weighted by Gasteiger charge is -2.59. The van der Waals surface area contributed by atoms with Gasteiger partial charge in [0.15, 0.2) is 0 Å². The van der Waals surface area contributed by atoms with Gasteiger partial charge in [0.1, 0.15) is 6.61 Å². The second-order valence-corrected chi connectivity index (χ2v) is 9.29. The fourth-order valence-corrected chi connectivity index (χ4v) is 6.56. The minimum atomic E-state index is -0.317. The van der Waals surface area contributed by atoms with Crippen molar-refractivity contribution < 1.29 is 14.3 Å². The molecule has 4 bridgehead atoms. The van der Waals surface area contributed by atoms with Crippen LogP contribution in [0.1, 0.15) is 55.8 Å². The summed E-state index contributed by atoms with van der Waals surface area (Å²) in [6.07, 6.45) is 7.80. The Morgan fingerprint density at radius 2 is 1.70 bits per heavy atom. The van der Waals surface area contributed by atoms with Gasteiger partial charge in [-0.25, -0.2) is 4.79 Å². The first-order valence-electron chi connectivity index (χ1n) is 10.4. The van der Waals surface area contributed by atoms with Gasteiger partial charge in [0.2, 0.25) is 0 Å². The van der Waals surface area contributed by atoms with Crippen molar-refractivity contribution >= 4 is 17.7 Å². The van der Waals surface area contributed by atoms with Crippen LogP contribution in [0.5, 0.6) is 0 Å². The second-order valence-electron chi connectivity index (χ2n) is 9.29. The summed E-state index contributed by atoms with van der Waals surface area (Å²) in [5.41, 5.74) is 1.75. The number of rotatable bonds is 4. The Morgan fingerprint density at radius 3 is 2.22 bits per heavy atom. The first-order chi connectivity index (χ1) is 13.0. The molecule has 1 aliphatic heterocycles. The molecule has 5 fully saturated rings. The van der Waals surface area contributed by atoms with E-state index in [2.05, 4.69) is 12.2 Å². The molecule has 2 amide bonds. The van der Waals surface area contributed by atoms with Crippen LogP contribution < -0.4 is 10.2 Å². The number of hydrogen-bond acceptors (Lipinski definition) is 3. The predicted molar refractivity (Wildman–Crippen MR) is 103 cm³/mol. The Morgan fingerprint density at radius 1 is 1.11 bits per heavy atom. The third kappa shape index (κ3) is 2.91. The predicted octanol–water partition coefficient (Wildman–Crippen LogP) is 3.98. The molecule has 1 unspecified atom stereocenters. The highest BCUT2D eigenvalue weighted by Gasteiger charge is 2.53. The van der Waals surface area contributed by atoms with Gasteiger partial charge in [0.05, 0.1) is 6.54 Å². The lowest BCUT2D eigenvalue weighted by molar-refractivity contribution is -0.0688. The lowest BCUT2D eigenvalue weighted by Crippen LogP contribution is -2.55. The maximum atomic E-state index is 12.8. The smallest absolute Gasteiger partial charge is 0.414 e. The van der Waals surface area contributed by atoms with Crippen LogP contribution in [0.2, 0.25) is 0 Å². The van der Waals surface area contributed by atoms with Crippen LogP contribution in [0, 0.1) is 23.2 Å². The Balaban J connectivity index is 1.27. The van der Waals surface area contributed by atoms with Gasteiger partial charge in [0.25, 0.3) is 5.91 Å². The van der Waals surface area contributed by atoms with Crippen LogP contribution in [0.25, 0.3) is 0 Å². The number of carbonyl (C=O) groups is 2. The summed E-state index contributed by atoms with van der Waals surface area (Å²) in [4.78, 5) is 26.1. The van der Waals surface area contributed by atoms with E-state index in [1.165, 1.54) is 38.5 Å². The number of ether oxygens (including phenoxy) is 1. The number of nitrogens with one attached hydrogen (secondary N) is 1. The van der Waals surface area contributed by atoms with Gasteiger partial charge >= 0.3 is 6.09 Å². The van der Waals surface area contributed by atoms with Gasteiger partial charge in [0, 0.05) is 17.3 Å². The van der Waals surface area contributed by atoms with Crippen LogP contribution >= 0.6 is 0 Å². The van der Waals surface area contributed by atoms with E-state index in [9.17, 15) is 9.59 Å². The molecule has 4 aliphatic carbocycles. The van der Waals surface area contributed by atoms with Crippen molar-refractivity contribution in [3.05, 3.63) is 29.8 Å². The fourth-order valence-electron chi connectivity index (χ4n) is 6.56. The molecule has 1 aromatic rings. The van der Waals surface area contributed by atoms with Gasteiger partial charge in [-0.05, 0) is 92.9 Å². The van der Waals surface area contributed by atoms with Crippen molar-refractivity contribution in [2.45, 2.75) is 51.5 Å². The largest absolute Gasteiger partial charge is 0.447 e. The molecule has 1 saturated heterocycles. The zero-order valence-electron chi connectivity index (χ0n) is 15.9. The van der Waals surface area contributed by atoms with Gasteiger partial charge < -0.3 is 10.1 Å². The molecular weight excluding hydrogens is 340 g/mol. The van der Waals surface area contributed by atoms with E-state index < -0.39 is 0 Å². The van der Waals surface area contributed by atoms with Crippen molar-refractivity contribution in [3.8, 4) is 0 Å². The zero-order valence-corrected chi connectivity index (χ0v) is 15.9. The highest BCUT2D eigenvalue weighted by atomic mass is 16.6. The van der Waals surface area contributed by atoms with E-state index in [-0.39, 0.29) is 18.0 Å². The topological polar surface area (TPSA) is 58.6 Å². The summed E-state index contributed by atoms with van der Waals surface area (Å²) in [6.45, 7) is 3.19. The second kappa shape index (κ2) is 6.25. The van der Waals surface area contributed by atoms with Crippen molar-refractivity contribution in [3.63, 3.8) is 0 Å². The summed E-state index contributed by atoms with van der Waals surface area (Å²) in [5, 5.41) is 3.31. The summed E-state index contributed by atoms with van der Waals surface area (Å²) >= 11 is 0. The average molecular weight is 368 g/mol. The molecule has 1 atom stereocenters. The van der Waals surface area contributed by atoms with Crippen LogP contribution in [-0.2, 0) is 4.74 Å². The van der Waals surface area contributed by atoms with Gasteiger partial charge in [-0.15, -0.1) is 0 Å². The number of cyclic esters (lactones) is 1. The number of hydrogen-bond donors (Lipinski definition) is 1. The molecule has 5 heteroatoms. The Bertz CT molecular complexity index is 722. The first kappa shape index (κ1) is 17.1. The average Bonchev–Trinajstić information content (AvgIpc) is 3.06. The number of nitrogens with zero attached hydrogens (tertiary/aromatic N) is 1. The zero-order chi connectivity index (χ0) is 18.6. The normalized spacial score (nSPS) is 35.2. The van der Waals surface area contributed by atoms with Crippen LogP contribution in [0.15, 0.2) is 24.3 Å². The Kier molecular flexibility index (Phi) is 3.95. The van der Waals surface area contributed by atoms with E-state index in [1.54, 1.807) is 4.90 Å².